The largest absolute Gasteiger partial charge is 0.370 e. The average Bonchev–Trinajstić information content (AvgIpc) is 2.63. The van der Waals surface area contributed by atoms with Crippen molar-refractivity contribution in [1.82, 2.24) is 20.0 Å². The van der Waals surface area contributed by atoms with Gasteiger partial charge in [0.2, 0.25) is 0 Å². The van der Waals surface area contributed by atoms with Crippen LogP contribution in [0.2, 0.25) is 0 Å². The molecule has 3 fully saturated rings. The normalized spacial score (nSPS) is 27.6. The van der Waals surface area contributed by atoms with Gasteiger partial charge in [-0.3, -0.25) is 14.6 Å². The molecule has 1 spiro atoms. The molecule has 26 heavy (non-hydrogen) atoms. The van der Waals surface area contributed by atoms with Gasteiger partial charge in [-0.25, -0.2) is 0 Å². The Balaban J connectivity index is 1.28. The minimum Gasteiger partial charge on any atom is -0.370 e. The zero-order valence-electron chi connectivity index (χ0n) is 16.2. The molecule has 3 heterocycles. The number of nitrogens with one attached hydrogen (secondary N) is 1. The Kier molecular flexibility index (Phi) is 7.56. The van der Waals surface area contributed by atoms with Crippen LogP contribution in [0, 0.1) is 0 Å². The summed E-state index contributed by atoms with van der Waals surface area (Å²) in [4.78, 5) is 19.0. The third-order valence-corrected chi connectivity index (χ3v) is 7.02. The molecule has 0 saturated carbocycles. The van der Waals surface area contributed by atoms with Gasteiger partial charge in [0.1, 0.15) is 0 Å². The molecular formula is C18H34N4O2S2. The standard InChI is InChI=1S/C18H34N4O2S2/c1-15(2)22-11-9-21(10-12-22)8-7-20-5-3-18(4-6-20)13-16(24-18)14-19-17(23)26-25/h15-16,25H,3-14H2,1-2H3,(H,19,23). The molecule has 1 atom stereocenters. The van der Waals surface area contributed by atoms with Crippen molar-refractivity contribution in [2.75, 3.05) is 58.9 Å². The lowest BCUT2D eigenvalue weighted by atomic mass is 9.80. The first-order valence-corrected chi connectivity index (χ1v) is 11.8. The van der Waals surface area contributed by atoms with Crippen LogP contribution in [0.3, 0.4) is 0 Å². The van der Waals surface area contributed by atoms with E-state index in [1.165, 1.54) is 39.3 Å². The fourth-order valence-corrected chi connectivity index (χ4v) is 4.74. The molecular weight excluding hydrogens is 368 g/mol. The molecule has 3 aliphatic rings. The number of hydrogen-bond donors (Lipinski definition) is 2. The molecule has 0 aromatic heterocycles. The summed E-state index contributed by atoms with van der Waals surface area (Å²) in [6.45, 7) is 14.7. The van der Waals surface area contributed by atoms with Gasteiger partial charge in [0.15, 0.2) is 0 Å². The second-order valence-electron chi connectivity index (χ2n) is 8.20. The number of rotatable bonds is 6. The summed E-state index contributed by atoms with van der Waals surface area (Å²) < 4.78 is 6.15. The predicted molar refractivity (Wildman–Crippen MR) is 111 cm³/mol. The molecule has 0 aromatic carbocycles. The van der Waals surface area contributed by atoms with Gasteiger partial charge in [-0.2, -0.15) is 0 Å². The molecule has 150 valence electrons. The van der Waals surface area contributed by atoms with Crippen LogP contribution in [-0.2, 0) is 4.74 Å². The number of thiol groups is 1. The molecule has 0 bridgehead atoms. The Bertz CT molecular complexity index is 456. The summed E-state index contributed by atoms with van der Waals surface area (Å²) in [6, 6.07) is 0.673. The molecule has 0 radical (unpaired) electrons. The molecule has 8 heteroatoms. The van der Waals surface area contributed by atoms with Crippen molar-refractivity contribution in [2.24, 2.45) is 0 Å². The van der Waals surface area contributed by atoms with Crippen LogP contribution in [0.1, 0.15) is 33.1 Å². The minimum absolute atomic E-state index is 0.0862. The van der Waals surface area contributed by atoms with Gasteiger partial charge in [-0.05, 0) is 26.7 Å². The van der Waals surface area contributed by atoms with Crippen LogP contribution in [0.25, 0.3) is 0 Å². The summed E-state index contributed by atoms with van der Waals surface area (Å²) in [5.74, 6) is 0. The highest BCUT2D eigenvalue weighted by Crippen LogP contribution is 2.41. The molecule has 1 amide bonds. The summed E-state index contributed by atoms with van der Waals surface area (Å²) >= 11 is 3.89. The van der Waals surface area contributed by atoms with Crippen molar-refractivity contribution >= 4 is 27.7 Å². The molecule has 3 rings (SSSR count). The topological polar surface area (TPSA) is 48.0 Å². The van der Waals surface area contributed by atoms with Crippen LogP contribution < -0.4 is 5.32 Å². The summed E-state index contributed by atoms with van der Waals surface area (Å²) in [6.07, 6.45) is 3.51. The smallest absolute Gasteiger partial charge is 0.289 e. The van der Waals surface area contributed by atoms with Crippen molar-refractivity contribution < 1.29 is 9.53 Å². The van der Waals surface area contributed by atoms with Gasteiger partial charge in [0.25, 0.3) is 5.24 Å². The maximum absolute atomic E-state index is 11.2. The highest BCUT2D eigenvalue weighted by Gasteiger charge is 2.46. The molecule has 3 aliphatic heterocycles. The lowest BCUT2D eigenvalue weighted by Crippen LogP contribution is -2.59. The monoisotopic (exact) mass is 402 g/mol. The Morgan fingerprint density at radius 1 is 1.15 bits per heavy atom. The lowest BCUT2D eigenvalue weighted by molar-refractivity contribution is -0.222. The number of likely N-dealkylation sites (tertiary alicyclic amines) is 1. The molecule has 3 saturated heterocycles. The van der Waals surface area contributed by atoms with Gasteiger partial charge in [0, 0.05) is 82.2 Å². The van der Waals surface area contributed by atoms with Gasteiger partial charge >= 0.3 is 0 Å². The van der Waals surface area contributed by atoms with E-state index in [4.69, 9.17) is 4.74 Å². The minimum atomic E-state index is -0.0954. The molecule has 0 aromatic rings. The van der Waals surface area contributed by atoms with E-state index in [2.05, 4.69) is 45.5 Å². The number of nitrogens with zero attached hydrogens (tertiary/aromatic N) is 3. The summed E-state index contributed by atoms with van der Waals surface area (Å²) in [5, 5.41) is 2.74. The third-order valence-electron chi connectivity index (χ3n) is 6.21. The fourth-order valence-electron chi connectivity index (χ4n) is 4.39. The SMILES string of the molecule is CC(C)N1CCN(CCN2CCC3(CC2)CC(CNC(=O)SS)O3)CC1. The molecule has 1 unspecified atom stereocenters. The molecule has 1 N–H and O–H groups in total. The fraction of sp³-hybridized carbons (Fsp3) is 0.944. The number of ether oxygens (including phenoxy) is 1. The number of carbonyl (C=O) groups excluding carboxylic acids is 1. The first kappa shape index (κ1) is 20.7. The highest BCUT2D eigenvalue weighted by molar-refractivity contribution is 8.74. The average molecular weight is 403 g/mol. The summed E-state index contributed by atoms with van der Waals surface area (Å²) in [7, 11) is 0.923. The quantitative estimate of drug-likeness (QED) is 0.523. The van der Waals surface area contributed by atoms with E-state index in [0.29, 0.717) is 12.6 Å². The first-order chi connectivity index (χ1) is 12.5. The Labute approximate surface area is 167 Å². The zero-order valence-corrected chi connectivity index (χ0v) is 17.9. The lowest BCUT2D eigenvalue weighted by Gasteiger charge is -2.52. The second kappa shape index (κ2) is 9.47. The van der Waals surface area contributed by atoms with Gasteiger partial charge < -0.3 is 15.0 Å². The van der Waals surface area contributed by atoms with Crippen molar-refractivity contribution in [3.63, 3.8) is 0 Å². The molecule has 6 nitrogen and oxygen atoms in total. The van der Waals surface area contributed by atoms with Crippen molar-refractivity contribution in [3.8, 4) is 0 Å². The van der Waals surface area contributed by atoms with E-state index >= 15 is 0 Å². The van der Waals surface area contributed by atoms with Gasteiger partial charge in [-0.15, -0.1) is 11.7 Å². The Morgan fingerprint density at radius 3 is 2.27 bits per heavy atom. The van der Waals surface area contributed by atoms with Crippen LogP contribution in [0.4, 0.5) is 4.79 Å². The Morgan fingerprint density at radius 2 is 1.73 bits per heavy atom. The van der Waals surface area contributed by atoms with E-state index in [-0.39, 0.29) is 16.9 Å². The Hall–Kier alpha value is 0.01000. The van der Waals surface area contributed by atoms with E-state index < -0.39 is 0 Å². The van der Waals surface area contributed by atoms with E-state index in [1.807, 2.05) is 0 Å². The predicted octanol–water partition coefficient (Wildman–Crippen LogP) is 1.92. The second-order valence-corrected chi connectivity index (χ2v) is 9.30. The number of piperazine rings is 1. The van der Waals surface area contributed by atoms with Crippen LogP contribution in [-0.4, -0.2) is 96.6 Å². The number of piperidine rings is 1. The number of carbonyl (C=O) groups is 1. The summed E-state index contributed by atoms with van der Waals surface area (Å²) in [5.41, 5.74) is 0.0862. The van der Waals surface area contributed by atoms with Gasteiger partial charge in [-0.1, -0.05) is 0 Å². The number of hydrogen-bond acceptors (Lipinski definition) is 7. The first-order valence-electron chi connectivity index (χ1n) is 9.95. The zero-order chi connectivity index (χ0) is 18.6. The third kappa shape index (κ3) is 5.52. The molecule has 0 aliphatic carbocycles. The highest BCUT2D eigenvalue weighted by atomic mass is 33.1. The van der Waals surface area contributed by atoms with Crippen molar-refractivity contribution in [2.45, 2.75) is 50.9 Å². The van der Waals surface area contributed by atoms with Crippen LogP contribution in [0.15, 0.2) is 0 Å². The van der Waals surface area contributed by atoms with Crippen LogP contribution >= 0.6 is 22.5 Å². The number of amides is 1. The van der Waals surface area contributed by atoms with E-state index in [9.17, 15) is 4.79 Å². The van der Waals surface area contributed by atoms with E-state index in [1.54, 1.807) is 0 Å². The van der Waals surface area contributed by atoms with Gasteiger partial charge in [0.05, 0.1) is 11.7 Å². The maximum Gasteiger partial charge on any atom is 0.289 e. The van der Waals surface area contributed by atoms with Crippen molar-refractivity contribution in [3.05, 3.63) is 0 Å². The van der Waals surface area contributed by atoms with E-state index in [0.717, 1.165) is 43.1 Å². The maximum atomic E-state index is 11.2. The van der Waals surface area contributed by atoms with Crippen LogP contribution in [0.5, 0.6) is 0 Å². The van der Waals surface area contributed by atoms with Crippen molar-refractivity contribution in [1.29, 1.82) is 0 Å².